The molecular weight excluding hydrogens is 200 g/mol. The fraction of sp³-hybridized carbons (Fsp3) is 0.923. The summed E-state index contributed by atoms with van der Waals surface area (Å²) < 4.78 is 0. The van der Waals surface area contributed by atoms with Crippen molar-refractivity contribution in [2.75, 3.05) is 13.1 Å². The minimum atomic E-state index is 0.154. The number of rotatable bonds is 7. The van der Waals surface area contributed by atoms with E-state index in [1.165, 1.54) is 25.7 Å². The van der Waals surface area contributed by atoms with E-state index >= 15 is 0 Å². The Bertz CT molecular complexity index is 216. The monoisotopic (exact) mass is 226 g/mol. The molecule has 2 N–H and O–H groups in total. The maximum atomic E-state index is 11.4. The van der Waals surface area contributed by atoms with Crippen molar-refractivity contribution < 1.29 is 4.79 Å². The maximum absolute atomic E-state index is 11.4. The van der Waals surface area contributed by atoms with Crippen LogP contribution in [0.1, 0.15) is 52.9 Å². The van der Waals surface area contributed by atoms with Gasteiger partial charge in [-0.2, -0.15) is 0 Å². The first-order valence-corrected chi connectivity index (χ1v) is 6.58. The van der Waals surface area contributed by atoms with Gasteiger partial charge in [-0.05, 0) is 38.5 Å². The highest BCUT2D eigenvalue weighted by Crippen LogP contribution is 2.42. The molecule has 1 amide bonds. The van der Waals surface area contributed by atoms with Crippen LogP contribution in [-0.2, 0) is 4.79 Å². The molecule has 1 saturated carbocycles. The molecule has 3 heteroatoms. The van der Waals surface area contributed by atoms with E-state index in [9.17, 15) is 4.79 Å². The van der Waals surface area contributed by atoms with E-state index in [4.69, 9.17) is 0 Å². The molecule has 0 spiro atoms. The van der Waals surface area contributed by atoms with E-state index in [1.807, 2.05) is 13.8 Å². The van der Waals surface area contributed by atoms with Gasteiger partial charge in [-0.25, -0.2) is 0 Å². The molecule has 1 aliphatic carbocycles. The van der Waals surface area contributed by atoms with Gasteiger partial charge in [0.05, 0.1) is 0 Å². The zero-order valence-electron chi connectivity index (χ0n) is 10.9. The lowest BCUT2D eigenvalue weighted by Crippen LogP contribution is -2.40. The average Bonchev–Trinajstić information content (AvgIpc) is 2.14. The van der Waals surface area contributed by atoms with E-state index in [0.29, 0.717) is 11.8 Å². The van der Waals surface area contributed by atoms with Crippen LogP contribution in [0.5, 0.6) is 0 Å². The van der Waals surface area contributed by atoms with E-state index in [0.717, 1.165) is 13.1 Å². The van der Waals surface area contributed by atoms with Crippen molar-refractivity contribution in [3.05, 3.63) is 0 Å². The lowest BCUT2D eigenvalue weighted by atomic mass is 9.67. The first-order valence-electron chi connectivity index (χ1n) is 6.58. The Morgan fingerprint density at radius 3 is 2.50 bits per heavy atom. The number of amides is 1. The maximum Gasteiger partial charge on any atom is 0.221 e. The fourth-order valence-electron chi connectivity index (χ4n) is 2.28. The largest absolute Gasteiger partial charge is 0.354 e. The second kappa shape index (κ2) is 6.24. The predicted molar refractivity (Wildman–Crippen MR) is 67.3 cm³/mol. The Morgan fingerprint density at radius 2 is 2.06 bits per heavy atom. The SMILES string of the molecule is CCC1(CNCCC(=O)NC(C)C)CCC1. The lowest BCUT2D eigenvalue weighted by molar-refractivity contribution is -0.121. The molecule has 0 aromatic carbocycles. The van der Waals surface area contributed by atoms with Crippen LogP contribution in [0.15, 0.2) is 0 Å². The van der Waals surface area contributed by atoms with Gasteiger partial charge in [-0.15, -0.1) is 0 Å². The summed E-state index contributed by atoms with van der Waals surface area (Å²) in [6, 6.07) is 0.251. The van der Waals surface area contributed by atoms with Gasteiger partial charge >= 0.3 is 0 Å². The second-order valence-corrected chi connectivity index (χ2v) is 5.36. The second-order valence-electron chi connectivity index (χ2n) is 5.36. The number of carbonyl (C=O) groups excluding carboxylic acids is 1. The van der Waals surface area contributed by atoms with Crippen LogP contribution in [0.4, 0.5) is 0 Å². The van der Waals surface area contributed by atoms with Gasteiger partial charge < -0.3 is 10.6 Å². The summed E-state index contributed by atoms with van der Waals surface area (Å²) in [5, 5.41) is 6.33. The van der Waals surface area contributed by atoms with Gasteiger partial charge in [-0.1, -0.05) is 13.3 Å². The van der Waals surface area contributed by atoms with Crippen molar-refractivity contribution >= 4 is 5.91 Å². The van der Waals surface area contributed by atoms with Crippen molar-refractivity contribution in [3.8, 4) is 0 Å². The van der Waals surface area contributed by atoms with Gasteiger partial charge in [0, 0.05) is 25.6 Å². The molecule has 94 valence electrons. The van der Waals surface area contributed by atoms with Gasteiger partial charge in [0.25, 0.3) is 0 Å². The zero-order chi connectivity index (χ0) is 12.0. The Balaban J connectivity index is 2.05. The summed E-state index contributed by atoms with van der Waals surface area (Å²) in [6.45, 7) is 8.14. The molecule has 0 atom stereocenters. The third-order valence-electron chi connectivity index (χ3n) is 3.64. The highest BCUT2D eigenvalue weighted by Gasteiger charge is 2.34. The number of hydrogen-bond acceptors (Lipinski definition) is 2. The van der Waals surface area contributed by atoms with Gasteiger partial charge in [0.2, 0.25) is 5.91 Å². The number of nitrogens with one attached hydrogen (secondary N) is 2. The molecule has 0 saturated heterocycles. The van der Waals surface area contributed by atoms with Gasteiger partial charge in [-0.3, -0.25) is 4.79 Å². The summed E-state index contributed by atoms with van der Waals surface area (Å²) in [5.41, 5.74) is 0.550. The quantitative estimate of drug-likeness (QED) is 0.653. The van der Waals surface area contributed by atoms with E-state index < -0.39 is 0 Å². The molecule has 1 aliphatic rings. The van der Waals surface area contributed by atoms with E-state index in [1.54, 1.807) is 0 Å². The van der Waals surface area contributed by atoms with Crippen LogP contribution in [-0.4, -0.2) is 25.0 Å². The first-order chi connectivity index (χ1) is 7.58. The van der Waals surface area contributed by atoms with Crippen LogP contribution in [0.3, 0.4) is 0 Å². The van der Waals surface area contributed by atoms with Crippen molar-refractivity contribution in [1.29, 1.82) is 0 Å². The molecule has 0 radical (unpaired) electrons. The standard InChI is InChI=1S/C13H26N2O/c1-4-13(7-5-8-13)10-14-9-6-12(16)15-11(2)3/h11,14H,4-10H2,1-3H3,(H,15,16). The zero-order valence-corrected chi connectivity index (χ0v) is 10.9. The van der Waals surface area contributed by atoms with Crippen LogP contribution in [0.25, 0.3) is 0 Å². The van der Waals surface area contributed by atoms with Crippen LogP contribution < -0.4 is 10.6 Å². The Morgan fingerprint density at radius 1 is 1.38 bits per heavy atom. The molecule has 16 heavy (non-hydrogen) atoms. The highest BCUT2D eigenvalue weighted by molar-refractivity contribution is 5.76. The molecule has 0 aliphatic heterocycles. The molecule has 0 aromatic heterocycles. The Labute approximate surface area is 99.4 Å². The minimum Gasteiger partial charge on any atom is -0.354 e. The van der Waals surface area contributed by atoms with Crippen LogP contribution in [0, 0.1) is 5.41 Å². The number of carbonyl (C=O) groups is 1. The molecule has 1 rings (SSSR count). The van der Waals surface area contributed by atoms with Crippen molar-refractivity contribution in [2.45, 2.75) is 58.9 Å². The molecule has 0 aromatic rings. The minimum absolute atomic E-state index is 0.154. The third kappa shape index (κ3) is 4.12. The smallest absolute Gasteiger partial charge is 0.221 e. The predicted octanol–water partition coefficient (Wildman–Crippen LogP) is 2.07. The summed E-state index contributed by atoms with van der Waals surface area (Å²) in [4.78, 5) is 11.4. The summed E-state index contributed by atoms with van der Waals surface area (Å²) >= 11 is 0. The van der Waals surface area contributed by atoms with Crippen LogP contribution in [0.2, 0.25) is 0 Å². The molecular formula is C13H26N2O. The van der Waals surface area contributed by atoms with Crippen LogP contribution >= 0.6 is 0 Å². The average molecular weight is 226 g/mol. The molecule has 3 nitrogen and oxygen atoms in total. The highest BCUT2D eigenvalue weighted by atomic mass is 16.1. The number of hydrogen-bond donors (Lipinski definition) is 2. The van der Waals surface area contributed by atoms with Crippen molar-refractivity contribution in [1.82, 2.24) is 10.6 Å². The fourth-order valence-corrected chi connectivity index (χ4v) is 2.28. The van der Waals surface area contributed by atoms with Crippen molar-refractivity contribution in [2.24, 2.45) is 5.41 Å². The van der Waals surface area contributed by atoms with E-state index in [-0.39, 0.29) is 11.9 Å². The first kappa shape index (κ1) is 13.5. The summed E-state index contributed by atoms with van der Waals surface area (Å²) in [7, 11) is 0. The van der Waals surface area contributed by atoms with Crippen molar-refractivity contribution in [3.63, 3.8) is 0 Å². The van der Waals surface area contributed by atoms with Gasteiger partial charge in [0.15, 0.2) is 0 Å². The Kier molecular flexibility index (Phi) is 5.26. The third-order valence-corrected chi connectivity index (χ3v) is 3.64. The summed E-state index contributed by atoms with van der Waals surface area (Å²) in [5.74, 6) is 0.154. The molecule has 0 unspecified atom stereocenters. The molecule has 0 heterocycles. The molecule has 0 bridgehead atoms. The van der Waals surface area contributed by atoms with Gasteiger partial charge in [0.1, 0.15) is 0 Å². The topological polar surface area (TPSA) is 41.1 Å². The lowest BCUT2D eigenvalue weighted by Gasteiger charge is -2.41. The molecule has 1 fully saturated rings. The Hall–Kier alpha value is -0.570. The normalized spacial score (nSPS) is 18.2. The van der Waals surface area contributed by atoms with E-state index in [2.05, 4.69) is 17.6 Å². The summed E-state index contributed by atoms with van der Waals surface area (Å²) in [6.07, 6.45) is 5.95.